The summed E-state index contributed by atoms with van der Waals surface area (Å²) in [6, 6.07) is 7.46. The van der Waals surface area contributed by atoms with Crippen LogP contribution in [0.5, 0.6) is 0 Å². The summed E-state index contributed by atoms with van der Waals surface area (Å²) < 4.78 is 0. The molecule has 0 amide bonds. The molecule has 0 aliphatic carbocycles. The predicted molar refractivity (Wildman–Crippen MR) is 71.3 cm³/mol. The molecule has 2 atom stereocenters. The Labute approximate surface area is 107 Å². The highest BCUT2D eigenvalue weighted by Crippen LogP contribution is 2.24. The molecule has 3 N–H and O–H groups in total. The zero-order valence-electron chi connectivity index (χ0n) is 10.7. The molecule has 1 aliphatic heterocycles. The molecule has 4 nitrogen and oxygen atoms in total. The highest BCUT2D eigenvalue weighted by molar-refractivity contribution is 5.74. The van der Waals surface area contributed by atoms with Crippen LogP contribution in [-0.4, -0.2) is 35.1 Å². The Morgan fingerprint density at radius 3 is 2.72 bits per heavy atom. The van der Waals surface area contributed by atoms with Gasteiger partial charge in [0.2, 0.25) is 0 Å². The molecular formula is C14H20N2O2. The van der Waals surface area contributed by atoms with Gasteiger partial charge in [-0.1, -0.05) is 19.1 Å². The minimum Gasteiger partial charge on any atom is -0.480 e. The van der Waals surface area contributed by atoms with Gasteiger partial charge in [-0.25, -0.2) is 0 Å². The lowest BCUT2D eigenvalue weighted by atomic mass is 10.0. The number of likely N-dealkylation sites (tertiary alicyclic amines) is 1. The summed E-state index contributed by atoms with van der Waals surface area (Å²) in [5.41, 5.74) is 7.60. The first-order chi connectivity index (χ1) is 8.58. The van der Waals surface area contributed by atoms with E-state index in [-0.39, 0.29) is 12.0 Å². The van der Waals surface area contributed by atoms with E-state index in [1.807, 2.05) is 31.2 Å². The first kappa shape index (κ1) is 12.9. The molecule has 98 valence electrons. The summed E-state index contributed by atoms with van der Waals surface area (Å²) in [5.74, 6) is -0.453. The van der Waals surface area contributed by atoms with Crippen molar-refractivity contribution < 1.29 is 9.90 Å². The second-order valence-corrected chi connectivity index (χ2v) is 5.08. The van der Waals surface area contributed by atoms with Crippen molar-refractivity contribution in [3.05, 3.63) is 29.8 Å². The van der Waals surface area contributed by atoms with Crippen molar-refractivity contribution in [2.75, 3.05) is 18.8 Å². The third-order valence-electron chi connectivity index (χ3n) is 3.72. The number of nitrogens with two attached hydrogens (primary N) is 1. The molecule has 0 bridgehead atoms. The van der Waals surface area contributed by atoms with Gasteiger partial charge in [-0.15, -0.1) is 0 Å². The summed E-state index contributed by atoms with van der Waals surface area (Å²) in [5, 5.41) is 9.23. The van der Waals surface area contributed by atoms with Gasteiger partial charge in [0.25, 0.3) is 0 Å². The van der Waals surface area contributed by atoms with Crippen LogP contribution >= 0.6 is 0 Å². The van der Waals surface area contributed by atoms with Gasteiger partial charge in [0.1, 0.15) is 6.04 Å². The van der Waals surface area contributed by atoms with E-state index in [0.717, 1.165) is 31.6 Å². The summed E-state index contributed by atoms with van der Waals surface area (Å²) in [7, 11) is 0. The van der Waals surface area contributed by atoms with Gasteiger partial charge in [0.15, 0.2) is 0 Å². The molecule has 1 aliphatic rings. The Morgan fingerprint density at radius 1 is 1.44 bits per heavy atom. The Morgan fingerprint density at radius 2 is 2.11 bits per heavy atom. The Bertz CT molecular complexity index is 416. The SMILES string of the molecule is C[C@H]1CCN(CCc2ccc(N)cc2)[C@@H]1C(=O)O. The molecular weight excluding hydrogens is 228 g/mol. The second kappa shape index (κ2) is 5.40. The monoisotopic (exact) mass is 248 g/mol. The minimum atomic E-state index is -0.697. The Kier molecular flexibility index (Phi) is 3.87. The van der Waals surface area contributed by atoms with Gasteiger partial charge in [-0.05, 0) is 43.0 Å². The van der Waals surface area contributed by atoms with E-state index in [2.05, 4.69) is 4.90 Å². The molecule has 0 radical (unpaired) electrons. The van der Waals surface area contributed by atoms with Crippen molar-refractivity contribution >= 4 is 11.7 Å². The molecule has 4 heteroatoms. The third-order valence-corrected chi connectivity index (χ3v) is 3.72. The van der Waals surface area contributed by atoms with Crippen molar-refractivity contribution in [2.45, 2.75) is 25.8 Å². The van der Waals surface area contributed by atoms with Gasteiger partial charge >= 0.3 is 5.97 Å². The van der Waals surface area contributed by atoms with Crippen LogP contribution in [0.4, 0.5) is 5.69 Å². The summed E-state index contributed by atoms with van der Waals surface area (Å²) in [6.07, 6.45) is 1.84. The second-order valence-electron chi connectivity index (χ2n) is 5.08. The maximum atomic E-state index is 11.2. The van der Waals surface area contributed by atoms with Gasteiger partial charge in [0, 0.05) is 12.2 Å². The van der Waals surface area contributed by atoms with Gasteiger partial charge in [-0.2, -0.15) is 0 Å². The number of aliphatic carboxylic acids is 1. The van der Waals surface area contributed by atoms with Crippen molar-refractivity contribution in [1.29, 1.82) is 0 Å². The number of anilines is 1. The highest BCUT2D eigenvalue weighted by atomic mass is 16.4. The molecule has 1 aromatic carbocycles. The molecule has 1 heterocycles. The maximum absolute atomic E-state index is 11.2. The largest absolute Gasteiger partial charge is 0.480 e. The molecule has 1 fully saturated rings. The molecule has 0 spiro atoms. The molecule has 1 saturated heterocycles. The van der Waals surface area contributed by atoms with Crippen LogP contribution in [0.3, 0.4) is 0 Å². The molecule has 0 aromatic heterocycles. The van der Waals surface area contributed by atoms with E-state index in [1.54, 1.807) is 0 Å². The lowest BCUT2D eigenvalue weighted by Gasteiger charge is -2.23. The Hall–Kier alpha value is -1.55. The third kappa shape index (κ3) is 2.82. The van der Waals surface area contributed by atoms with Gasteiger partial charge < -0.3 is 10.8 Å². The van der Waals surface area contributed by atoms with E-state index in [9.17, 15) is 9.90 Å². The molecule has 18 heavy (non-hydrogen) atoms. The predicted octanol–water partition coefficient (Wildman–Crippen LogP) is 1.61. The first-order valence-electron chi connectivity index (χ1n) is 6.39. The first-order valence-corrected chi connectivity index (χ1v) is 6.39. The number of nitrogens with zero attached hydrogens (tertiary/aromatic N) is 1. The van der Waals surface area contributed by atoms with E-state index in [0.29, 0.717) is 0 Å². The van der Waals surface area contributed by atoms with E-state index < -0.39 is 5.97 Å². The Balaban J connectivity index is 1.93. The van der Waals surface area contributed by atoms with Crippen LogP contribution in [0, 0.1) is 5.92 Å². The zero-order chi connectivity index (χ0) is 13.1. The van der Waals surface area contributed by atoms with Crippen LogP contribution < -0.4 is 5.73 Å². The lowest BCUT2D eigenvalue weighted by molar-refractivity contribution is -0.143. The number of nitrogen functional groups attached to an aromatic ring is 1. The fraction of sp³-hybridized carbons (Fsp3) is 0.500. The number of rotatable bonds is 4. The standard InChI is InChI=1S/C14H20N2O2/c1-10-6-8-16(13(10)14(17)18)9-7-11-2-4-12(15)5-3-11/h2-5,10,13H,6-9,15H2,1H3,(H,17,18)/t10-,13-/m0/s1. The maximum Gasteiger partial charge on any atom is 0.321 e. The summed E-state index contributed by atoms with van der Waals surface area (Å²) in [4.78, 5) is 13.3. The van der Waals surface area contributed by atoms with Crippen molar-refractivity contribution in [3.8, 4) is 0 Å². The van der Waals surface area contributed by atoms with E-state index in [1.165, 1.54) is 5.56 Å². The van der Waals surface area contributed by atoms with Crippen LogP contribution in [0.15, 0.2) is 24.3 Å². The van der Waals surface area contributed by atoms with Gasteiger partial charge in [-0.3, -0.25) is 9.69 Å². The number of carbonyl (C=O) groups is 1. The molecule has 0 unspecified atom stereocenters. The molecule has 1 aromatic rings. The highest BCUT2D eigenvalue weighted by Gasteiger charge is 2.35. The number of hydrogen-bond donors (Lipinski definition) is 2. The minimum absolute atomic E-state index is 0.244. The van der Waals surface area contributed by atoms with E-state index >= 15 is 0 Å². The van der Waals surface area contributed by atoms with Crippen LogP contribution in [0.1, 0.15) is 18.9 Å². The fourth-order valence-electron chi connectivity index (χ4n) is 2.63. The van der Waals surface area contributed by atoms with Gasteiger partial charge in [0.05, 0.1) is 0 Å². The normalized spacial score (nSPS) is 24.3. The average molecular weight is 248 g/mol. The van der Waals surface area contributed by atoms with Crippen molar-refractivity contribution in [3.63, 3.8) is 0 Å². The van der Waals surface area contributed by atoms with Crippen LogP contribution in [-0.2, 0) is 11.2 Å². The molecule has 0 saturated carbocycles. The topological polar surface area (TPSA) is 66.6 Å². The quantitative estimate of drug-likeness (QED) is 0.794. The summed E-state index contributed by atoms with van der Waals surface area (Å²) in [6.45, 7) is 3.69. The van der Waals surface area contributed by atoms with E-state index in [4.69, 9.17) is 5.73 Å². The van der Waals surface area contributed by atoms with Crippen molar-refractivity contribution in [1.82, 2.24) is 4.90 Å². The summed E-state index contributed by atoms with van der Waals surface area (Å²) >= 11 is 0. The number of carboxylic acids is 1. The molecule has 2 rings (SSSR count). The van der Waals surface area contributed by atoms with Crippen LogP contribution in [0.25, 0.3) is 0 Å². The lowest BCUT2D eigenvalue weighted by Crippen LogP contribution is -2.40. The number of carboxylic acid groups (broad SMARTS) is 1. The van der Waals surface area contributed by atoms with Crippen LogP contribution in [0.2, 0.25) is 0 Å². The van der Waals surface area contributed by atoms with Crippen molar-refractivity contribution in [2.24, 2.45) is 5.92 Å². The number of benzene rings is 1. The zero-order valence-corrected chi connectivity index (χ0v) is 10.7. The average Bonchev–Trinajstić information content (AvgIpc) is 2.70. The smallest absolute Gasteiger partial charge is 0.321 e. The number of hydrogen-bond acceptors (Lipinski definition) is 3. The fourth-order valence-corrected chi connectivity index (χ4v) is 2.63.